The van der Waals surface area contributed by atoms with Crippen molar-refractivity contribution in [2.75, 3.05) is 6.61 Å². The number of carbonyl (C=O) groups excluding carboxylic acids is 3. The molecule has 1 saturated carbocycles. The van der Waals surface area contributed by atoms with Gasteiger partial charge >= 0.3 is 0 Å². The second kappa shape index (κ2) is 6.96. The second-order valence-corrected chi connectivity index (χ2v) is 6.86. The van der Waals surface area contributed by atoms with Gasteiger partial charge in [-0.3, -0.25) is 14.4 Å². The lowest BCUT2D eigenvalue weighted by molar-refractivity contribution is -0.151. The summed E-state index contributed by atoms with van der Waals surface area (Å²) in [5, 5.41) is 20.6. The molecule has 0 spiro atoms. The highest BCUT2D eigenvalue weighted by molar-refractivity contribution is 6.05. The zero-order valence-electron chi connectivity index (χ0n) is 14.9. The number of aromatic hydroxyl groups is 1. The Morgan fingerprint density at radius 2 is 1.92 bits per heavy atom. The number of carbonyl (C=O) groups is 3. The van der Waals surface area contributed by atoms with E-state index in [9.17, 15) is 24.6 Å². The third-order valence-corrected chi connectivity index (χ3v) is 4.81. The standard InChI is InChI=1S/C19H24O6/c1-5-25-15-8-12(6-7-13(15)22)17-16(10(2)20)14(23)9-19(4,24)18(17)11(3)21/h6-8,16-18,22,24H,5,9H2,1-4H3/t16-,17-,18+,19+/m1/s1. The highest BCUT2D eigenvalue weighted by Crippen LogP contribution is 2.47. The maximum absolute atomic E-state index is 12.5. The summed E-state index contributed by atoms with van der Waals surface area (Å²) >= 11 is 0. The summed E-state index contributed by atoms with van der Waals surface area (Å²) in [6.07, 6.45) is -0.242. The van der Waals surface area contributed by atoms with E-state index in [1.807, 2.05) is 0 Å². The summed E-state index contributed by atoms with van der Waals surface area (Å²) in [4.78, 5) is 37.0. The largest absolute Gasteiger partial charge is 0.504 e. The smallest absolute Gasteiger partial charge is 0.161 e. The van der Waals surface area contributed by atoms with Gasteiger partial charge in [-0.1, -0.05) is 6.07 Å². The predicted molar refractivity (Wildman–Crippen MR) is 90.6 cm³/mol. The summed E-state index contributed by atoms with van der Waals surface area (Å²) < 4.78 is 5.37. The van der Waals surface area contributed by atoms with Gasteiger partial charge in [0, 0.05) is 12.3 Å². The molecule has 0 aliphatic heterocycles. The molecule has 2 rings (SSSR count). The molecular weight excluding hydrogens is 324 g/mol. The van der Waals surface area contributed by atoms with Crippen LogP contribution in [0.15, 0.2) is 18.2 Å². The molecule has 2 N–H and O–H groups in total. The van der Waals surface area contributed by atoms with E-state index >= 15 is 0 Å². The molecule has 1 fully saturated rings. The van der Waals surface area contributed by atoms with Gasteiger partial charge in [0.1, 0.15) is 17.3 Å². The van der Waals surface area contributed by atoms with Crippen molar-refractivity contribution in [3.63, 3.8) is 0 Å². The van der Waals surface area contributed by atoms with E-state index in [-0.39, 0.29) is 35.3 Å². The normalized spacial score (nSPS) is 29.3. The number of rotatable bonds is 5. The summed E-state index contributed by atoms with van der Waals surface area (Å²) in [6, 6.07) is 4.50. The van der Waals surface area contributed by atoms with Crippen LogP contribution in [0.3, 0.4) is 0 Å². The van der Waals surface area contributed by atoms with Crippen molar-refractivity contribution in [3.05, 3.63) is 23.8 Å². The van der Waals surface area contributed by atoms with Crippen LogP contribution in [0, 0.1) is 11.8 Å². The Labute approximate surface area is 146 Å². The van der Waals surface area contributed by atoms with Crippen LogP contribution in [0.1, 0.15) is 45.6 Å². The van der Waals surface area contributed by atoms with E-state index < -0.39 is 23.4 Å². The van der Waals surface area contributed by atoms with Gasteiger partial charge in [0.05, 0.1) is 24.0 Å². The van der Waals surface area contributed by atoms with Crippen molar-refractivity contribution in [2.24, 2.45) is 11.8 Å². The lowest BCUT2D eigenvalue weighted by Gasteiger charge is -2.44. The summed E-state index contributed by atoms with van der Waals surface area (Å²) in [5.41, 5.74) is -1.03. The van der Waals surface area contributed by atoms with Gasteiger partial charge in [0.2, 0.25) is 0 Å². The Hall–Kier alpha value is -2.21. The fraction of sp³-hybridized carbons (Fsp3) is 0.526. The Morgan fingerprint density at radius 1 is 1.28 bits per heavy atom. The summed E-state index contributed by atoms with van der Waals surface area (Å²) in [5.74, 6) is -3.59. The van der Waals surface area contributed by atoms with Gasteiger partial charge < -0.3 is 14.9 Å². The maximum atomic E-state index is 12.5. The molecule has 1 aliphatic rings. The van der Waals surface area contributed by atoms with Gasteiger partial charge in [-0.05, 0) is 45.4 Å². The highest BCUT2D eigenvalue weighted by Gasteiger charge is 2.53. The third-order valence-electron chi connectivity index (χ3n) is 4.81. The molecule has 4 atom stereocenters. The minimum absolute atomic E-state index is 0.0711. The number of hydrogen-bond acceptors (Lipinski definition) is 6. The first-order chi connectivity index (χ1) is 11.6. The number of ether oxygens (including phenoxy) is 1. The molecule has 0 amide bonds. The molecule has 6 heteroatoms. The predicted octanol–water partition coefficient (Wildman–Crippen LogP) is 2.01. The number of phenols is 1. The number of ketones is 3. The number of hydrogen-bond donors (Lipinski definition) is 2. The van der Waals surface area contributed by atoms with Crippen LogP contribution < -0.4 is 4.74 Å². The zero-order valence-corrected chi connectivity index (χ0v) is 14.9. The van der Waals surface area contributed by atoms with Crippen LogP contribution in [0.25, 0.3) is 0 Å². The van der Waals surface area contributed by atoms with E-state index in [0.29, 0.717) is 12.2 Å². The number of Topliss-reactive ketones (excluding diaryl/α,β-unsaturated/α-hetero) is 3. The van der Waals surface area contributed by atoms with Crippen LogP contribution >= 0.6 is 0 Å². The summed E-state index contributed by atoms with van der Waals surface area (Å²) in [7, 11) is 0. The van der Waals surface area contributed by atoms with Gasteiger partial charge in [-0.25, -0.2) is 0 Å². The molecule has 0 bridgehead atoms. The van der Waals surface area contributed by atoms with Crippen molar-refractivity contribution < 1.29 is 29.3 Å². The van der Waals surface area contributed by atoms with Crippen LogP contribution in [-0.4, -0.2) is 39.8 Å². The zero-order chi connectivity index (χ0) is 18.9. The Morgan fingerprint density at radius 3 is 2.44 bits per heavy atom. The van der Waals surface area contributed by atoms with Crippen LogP contribution in [-0.2, 0) is 14.4 Å². The van der Waals surface area contributed by atoms with Crippen molar-refractivity contribution in [3.8, 4) is 11.5 Å². The molecule has 0 saturated heterocycles. The molecule has 136 valence electrons. The Kier molecular flexibility index (Phi) is 5.32. The molecule has 6 nitrogen and oxygen atoms in total. The lowest BCUT2D eigenvalue weighted by Crippen LogP contribution is -2.53. The van der Waals surface area contributed by atoms with E-state index in [0.717, 1.165) is 0 Å². The van der Waals surface area contributed by atoms with Crippen LogP contribution in [0.5, 0.6) is 11.5 Å². The van der Waals surface area contributed by atoms with E-state index in [1.165, 1.54) is 32.9 Å². The van der Waals surface area contributed by atoms with Crippen molar-refractivity contribution in [1.29, 1.82) is 0 Å². The van der Waals surface area contributed by atoms with Gasteiger partial charge in [-0.2, -0.15) is 0 Å². The van der Waals surface area contributed by atoms with E-state index in [4.69, 9.17) is 4.74 Å². The molecule has 25 heavy (non-hydrogen) atoms. The summed E-state index contributed by atoms with van der Waals surface area (Å²) in [6.45, 7) is 6.20. The van der Waals surface area contributed by atoms with Crippen molar-refractivity contribution in [2.45, 2.75) is 45.6 Å². The maximum Gasteiger partial charge on any atom is 0.161 e. The van der Waals surface area contributed by atoms with Crippen LogP contribution in [0.4, 0.5) is 0 Å². The monoisotopic (exact) mass is 348 g/mol. The molecule has 1 aromatic carbocycles. The fourth-order valence-electron chi connectivity index (χ4n) is 3.92. The molecule has 0 radical (unpaired) electrons. The molecule has 0 unspecified atom stereocenters. The Balaban J connectivity index is 2.64. The highest BCUT2D eigenvalue weighted by atomic mass is 16.5. The number of aliphatic hydroxyl groups is 1. The van der Waals surface area contributed by atoms with Gasteiger partial charge in [0.15, 0.2) is 11.5 Å². The second-order valence-electron chi connectivity index (χ2n) is 6.86. The molecular formula is C19H24O6. The number of phenolic OH excluding ortho intramolecular Hbond substituents is 1. The minimum Gasteiger partial charge on any atom is -0.504 e. The first-order valence-corrected chi connectivity index (χ1v) is 8.31. The van der Waals surface area contributed by atoms with E-state index in [2.05, 4.69) is 0 Å². The Bertz CT molecular complexity index is 706. The van der Waals surface area contributed by atoms with Gasteiger partial charge in [0.25, 0.3) is 0 Å². The molecule has 1 aliphatic carbocycles. The fourth-order valence-corrected chi connectivity index (χ4v) is 3.92. The third kappa shape index (κ3) is 3.58. The topological polar surface area (TPSA) is 101 Å². The number of benzene rings is 1. The molecule has 1 aromatic rings. The first kappa shape index (κ1) is 19.1. The molecule has 0 aromatic heterocycles. The average molecular weight is 348 g/mol. The van der Waals surface area contributed by atoms with Crippen molar-refractivity contribution >= 4 is 17.3 Å². The SMILES string of the molecule is CCOc1cc([C@@H]2[C@H](C(C)=O)C(=O)C[C@](C)(O)[C@H]2C(C)=O)ccc1O. The van der Waals surface area contributed by atoms with E-state index in [1.54, 1.807) is 13.0 Å². The average Bonchev–Trinajstić information content (AvgIpc) is 2.46. The molecule has 0 heterocycles. The van der Waals surface area contributed by atoms with Crippen molar-refractivity contribution in [1.82, 2.24) is 0 Å². The first-order valence-electron chi connectivity index (χ1n) is 8.31. The van der Waals surface area contributed by atoms with Crippen LogP contribution in [0.2, 0.25) is 0 Å². The lowest BCUT2D eigenvalue weighted by atomic mass is 9.60. The minimum atomic E-state index is -1.54. The quantitative estimate of drug-likeness (QED) is 0.790. The van der Waals surface area contributed by atoms with Gasteiger partial charge in [-0.15, -0.1) is 0 Å².